The van der Waals surface area contributed by atoms with Gasteiger partial charge < -0.3 is 9.80 Å². The number of pyridine rings is 2. The van der Waals surface area contributed by atoms with Crippen molar-refractivity contribution in [3.05, 3.63) is 84.4 Å². The van der Waals surface area contributed by atoms with Crippen LogP contribution in [0.3, 0.4) is 0 Å². The number of Topliss-reactive ketones (excluding diaryl/α,β-unsaturated/α-hetero) is 1. The molecule has 0 N–H and O–H groups in total. The van der Waals surface area contributed by atoms with Crippen LogP contribution in [0.5, 0.6) is 0 Å². The van der Waals surface area contributed by atoms with E-state index in [2.05, 4.69) is 29.9 Å². The number of benzene rings is 1. The van der Waals surface area contributed by atoms with Crippen molar-refractivity contribution < 1.29 is 14.4 Å². The normalized spacial score (nSPS) is 19.8. The predicted molar refractivity (Wildman–Crippen MR) is 140 cm³/mol. The number of hydrogen-bond acceptors (Lipinski definition) is 5. The fraction of sp³-hybridized carbons (Fsp3) is 0.367. The fourth-order valence-electron chi connectivity index (χ4n) is 5.70. The van der Waals surface area contributed by atoms with E-state index < -0.39 is 6.04 Å². The summed E-state index contributed by atoms with van der Waals surface area (Å²) in [5, 5.41) is 0. The topological polar surface area (TPSA) is 83.5 Å². The molecule has 2 amide bonds. The van der Waals surface area contributed by atoms with Crippen LogP contribution in [0.1, 0.15) is 43.7 Å². The third kappa shape index (κ3) is 5.17. The van der Waals surface area contributed by atoms with E-state index in [0.29, 0.717) is 25.3 Å². The lowest BCUT2D eigenvalue weighted by Crippen LogP contribution is -2.45. The van der Waals surface area contributed by atoms with Gasteiger partial charge in [0.25, 0.3) is 0 Å². The van der Waals surface area contributed by atoms with Gasteiger partial charge in [0.2, 0.25) is 11.8 Å². The number of likely N-dealkylation sites (tertiary alicyclic amines) is 2. The van der Waals surface area contributed by atoms with Gasteiger partial charge in [0.1, 0.15) is 6.04 Å². The zero-order valence-electron chi connectivity index (χ0n) is 21.3. The Kier molecular flexibility index (Phi) is 7.12. The summed E-state index contributed by atoms with van der Waals surface area (Å²) in [5.41, 5.74) is 3.85. The highest BCUT2D eigenvalue weighted by Crippen LogP contribution is 2.35. The number of carbonyl (C=O) groups is 3. The number of nitrogens with zero attached hydrogens (tertiary/aromatic N) is 4. The Hall–Kier alpha value is -3.87. The summed E-state index contributed by atoms with van der Waals surface area (Å²) >= 11 is 0. The molecule has 5 rings (SSSR count). The van der Waals surface area contributed by atoms with Crippen LogP contribution in [0.15, 0.2) is 73.3 Å². The van der Waals surface area contributed by atoms with Gasteiger partial charge in [-0.1, -0.05) is 44.2 Å². The molecule has 37 heavy (non-hydrogen) atoms. The van der Waals surface area contributed by atoms with E-state index >= 15 is 0 Å². The average Bonchev–Trinajstić information content (AvgIpc) is 3.49. The van der Waals surface area contributed by atoms with Crippen LogP contribution in [0, 0.1) is 5.92 Å². The number of rotatable bonds is 7. The third-order valence-electron chi connectivity index (χ3n) is 7.41. The van der Waals surface area contributed by atoms with Gasteiger partial charge in [0.05, 0.1) is 24.9 Å². The molecule has 2 aromatic heterocycles. The van der Waals surface area contributed by atoms with Crippen molar-refractivity contribution in [2.45, 2.75) is 51.1 Å². The third-order valence-corrected chi connectivity index (χ3v) is 7.41. The van der Waals surface area contributed by atoms with Gasteiger partial charge in [-0.25, -0.2) is 0 Å². The van der Waals surface area contributed by atoms with E-state index in [0.717, 1.165) is 22.3 Å². The summed E-state index contributed by atoms with van der Waals surface area (Å²) in [6.45, 7) is 4.76. The first-order valence-electron chi connectivity index (χ1n) is 12.9. The number of carbonyl (C=O) groups excluding carboxylic acids is 3. The summed E-state index contributed by atoms with van der Waals surface area (Å²) in [7, 11) is 0. The second-order valence-electron chi connectivity index (χ2n) is 10.4. The fourth-order valence-corrected chi connectivity index (χ4v) is 5.70. The lowest BCUT2D eigenvalue weighted by atomic mass is 9.87. The van der Waals surface area contributed by atoms with Crippen molar-refractivity contribution in [3.8, 4) is 11.1 Å². The van der Waals surface area contributed by atoms with Crippen LogP contribution < -0.4 is 0 Å². The second kappa shape index (κ2) is 10.6. The van der Waals surface area contributed by atoms with Crippen LogP contribution in [0.2, 0.25) is 0 Å². The molecule has 0 bridgehead atoms. The van der Waals surface area contributed by atoms with Crippen molar-refractivity contribution in [3.63, 3.8) is 0 Å². The Labute approximate surface area is 217 Å². The van der Waals surface area contributed by atoms with Gasteiger partial charge in [-0.05, 0) is 59.2 Å². The highest BCUT2D eigenvalue weighted by Gasteiger charge is 2.52. The molecule has 1 aromatic carbocycles. The Morgan fingerprint density at radius 3 is 2.51 bits per heavy atom. The van der Waals surface area contributed by atoms with Crippen LogP contribution in [0.4, 0.5) is 0 Å². The first-order valence-corrected chi connectivity index (χ1v) is 12.9. The van der Waals surface area contributed by atoms with Gasteiger partial charge in [0, 0.05) is 31.3 Å². The van der Waals surface area contributed by atoms with Gasteiger partial charge in [-0.2, -0.15) is 0 Å². The number of amides is 2. The second-order valence-corrected chi connectivity index (χ2v) is 10.4. The summed E-state index contributed by atoms with van der Waals surface area (Å²) in [4.78, 5) is 51.9. The maximum absolute atomic E-state index is 14.0. The molecule has 7 heteroatoms. The molecule has 3 atom stereocenters. The molecule has 0 saturated carbocycles. The maximum Gasteiger partial charge on any atom is 0.230 e. The Morgan fingerprint density at radius 1 is 0.973 bits per heavy atom. The van der Waals surface area contributed by atoms with Crippen molar-refractivity contribution >= 4 is 17.6 Å². The van der Waals surface area contributed by atoms with Crippen LogP contribution >= 0.6 is 0 Å². The first-order chi connectivity index (χ1) is 17.9. The van der Waals surface area contributed by atoms with Gasteiger partial charge in [-0.3, -0.25) is 24.4 Å². The number of fused-ring (bicyclic) bond motifs is 1. The lowest BCUT2D eigenvalue weighted by Gasteiger charge is -2.29. The predicted octanol–water partition coefficient (Wildman–Crippen LogP) is 3.90. The van der Waals surface area contributed by atoms with Gasteiger partial charge in [0.15, 0.2) is 5.78 Å². The molecule has 0 radical (unpaired) electrons. The monoisotopic (exact) mass is 496 g/mol. The largest absolute Gasteiger partial charge is 0.330 e. The van der Waals surface area contributed by atoms with E-state index in [1.165, 1.54) is 0 Å². The van der Waals surface area contributed by atoms with Crippen LogP contribution in [-0.4, -0.2) is 62.5 Å². The smallest absolute Gasteiger partial charge is 0.230 e. The molecule has 2 aliphatic rings. The average molecular weight is 497 g/mol. The molecule has 190 valence electrons. The minimum absolute atomic E-state index is 0.0250. The maximum atomic E-state index is 14.0. The minimum atomic E-state index is -0.566. The van der Waals surface area contributed by atoms with E-state index in [-0.39, 0.29) is 42.5 Å². The van der Waals surface area contributed by atoms with E-state index in [4.69, 9.17) is 0 Å². The minimum Gasteiger partial charge on any atom is -0.330 e. The molecular weight excluding hydrogens is 464 g/mol. The molecule has 2 saturated heterocycles. The van der Waals surface area contributed by atoms with Crippen LogP contribution in [0.25, 0.3) is 11.1 Å². The first kappa shape index (κ1) is 24.8. The lowest BCUT2D eigenvalue weighted by molar-refractivity contribution is -0.138. The summed E-state index contributed by atoms with van der Waals surface area (Å²) in [6, 6.07) is 14.8. The van der Waals surface area contributed by atoms with Crippen molar-refractivity contribution in [1.82, 2.24) is 19.8 Å². The Morgan fingerprint density at radius 2 is 1.78 bits per heavy atom. The highest BCUT2D eigenvalue weighted by atomic mass is 16.2. The quantitative estimate of drug-likeness (QED) is 0.496. The zero-order chi connectivity index (χ0) is 25.9. The molecular formula is C30H32N4O3. The van der Waals surface area contributed by atoms with E-state index in [1.807, 2.05) is 36.4 Å². The zero-order valence-corrected chi connectivity index (χ0v) is 21.3. The van der Waals surface area contributed by atoms with Gasteiger partial charge >= 0.3 is 0 Å². The standard InChI is InChI=1S/C30H32N4O3/c1-20(2)15-25(24-7-3-6-23(17-24)22-8-12-31-13-9-22)30(37)33-14-10-26-29(33)27(35)19-34(26)28(36)16-21-5-4-11-32-18-21/h3-9,11-13,17-18,20,25-26,29H,10,14-16,19H2,1-2H3. The molecule has 3 aromatic rings. The summed E-state index contributed by atoms with van der Waals surface area (Å²) < 4.78 is 0. The van der Waals surface area contributed by atoms with Crippen molar-refractivity contribution in [2.24, 2.45) is 5.92 Å². The SMILES string of the molecule is CC(C)CC(C(=O)N1CCC2C1C(=O)CN2C(=O)Cc1cccnc1)c1cccc(-c2ccncc2)c1. The van der Waals surface area contributed by atoms with E-state index in [9.17, 15) is 14.4 Å². The molecule has 0 aliphatic carbocycles. The van der Waals surface area contributed by atoms with Crippen molar-refractivity contribution in [1.29, 1.82) is 0 Å². The van der Waals surface area contributed by atoms with Crippen LogP contribution in [-0.2, 0) is 20.8 Å². The Balaban J connectivity index is 1.37. The molecule has 2 fully saturated rings. The van der Waals surface area contributed by atoms with Gasteiger partial charge in [-0.15, -0.1) is 0 Å². The summed E-state index contributed by atoms with van der Waals surface area (Å²) in [5.74, 6) is -0.221. The molecule has 3 unspecified atom stereocenters. The highest BCUT2D eigenvalue weighted by molar-refractivity contribution is 5.98. The summed E-state index contributed by atoms with van der Waals surface area (Å²) in [6.07, 6.45) is 8.37. The molecule has 4 heterocycles. The number of hydrogen-bond donors (Lipinski definition) is 0. The van der Waals surface area contributed by atoms with E-state index in [1.54, 1.807) is 40.7 Å². The van der Waals surface area contributed by atoms with Crippen molar-refractivity contribution in [2.75, 3.05) is 13.1 Å². The number of aromatic nitrogens is 2. The number of ketones is 1. The molecule has 7 nitrogen and oxygen atoms in total. The molecule has 0 spiro atoms. The molecule has 2 aliphatic heterocycles. The Bertz CT molecular complexity index is 1280.